The van der Waals surface area contributed by atoms with Crippen LogP contribution in [0.5, 0.6) is 0 Å². The summed E-state index contributed by atoms with van der Waals surface area (Å²) in [6, 6.07) is 1.07. The minimum absolute atomic E-state index is 0.0683. The Hall–Kier alpha value is -2.26. The van der Waals surface area contributed by atoms with Crippen molar-refractivity contribution in [2.24, 2.45) is 11.8 Å². The Morgan fingerprint density at radius 3 is 2.90 bits per heavy atom. The first-order valence-corrected chi connectivity index (χ1v) is 5.87. The number of nitrogens with two attached hydrogens (primary N) is 1. The molecule has 1 unspecified atom stereocenters. The van der Waals surface area contributed by atoms with Crippen molar-refractivity contribution in [2.75, 3.05) is 25.7 Å². The lowest BCUT2D eigenvalue weighted by Gasteiger charge is -2.12. The largest absolute Gasteiger partial charge is 0.384 e. The molecule has 0 saturated carbocycles. The number of carbonyl (C=O) groups is 1. The van der Waals surface area contributed by atoms with Gasteiger partial charge in [-0.2, -0.15) is 0 Å². The molecule has 0 aliphatic rings. The number of aromatic nitrogens is 1. The number of hydrogen-bond acceptors (Lipinski definition) is 7. The van der Waals surface area contributed by atoms with E-state index >= 15 is 0 Å². The van der Waals surface area contributed by atoms with E-state index in [-0.39, 0.29) is 17.2 Å². The second kappa shape index (κ2) is 7.36. The third-order valence-electron chi connectivity index (χ3n) is 2.54. The minimum atomic E-state index is -0.676. The minimum Gasteiger partial charge on any atom is -0.384 e. The van der Waals surface area contributed by atoms with E-state index in [0.29, 0.717) is 13.2 Å². The Bertz CT molecular complexity index is 494. The Kier molecular flexibility index (Phi) is 5.81. The zero-order valence-corrected chi connectivity index (χ0v) is 11.3. The highest BCUT2D eigenvalue weighted by molar-refractivity contribution is 5.99. The molecule has 20 heavy (non-hydrogen) atoms. The van der Waals surface area contributed by atoms with Crippen LogP contribution in [-0.2, 0) is 4.74 Å². The third-order valence-corrected chi connectivity index (χ3v) is 2.54. The van der Waals surface area contributed by atoms with Gasteiger partial charge in [-0.3, -0.25) is 10.6 Å². The molecule has 0 spiro atoms. The maximum Gasteiger partial charge on any atom is 0.364 e. The monoisotopic (exact) mass is 283 g/mol. The molecular weight excluding hydrogens is 266 g/mol. The lowest BCUT2D eigenvalue weighted by atomic mass is 10.1. The summed E-state index contributed by atoms with van der Waals surface area (Å²) >= 11 is 0. The van der Waals surface area contributed by atoms with E-state index in [4.69, 9.17) is 10.6 Å². The fraction of sp³-hybridized carbons (Fsp3) is 0.455. The predicted octanol–water partition coefficient (Wildman–Crippen LogP) is 0.288. The molecule has 1 aromatic heterocycles. The van der Waals surface area contributed by atoms with Crippen LogP contribution in [0.2, 0.25) is 0 Å². The molecule has 110 valence electrons. The van der Waals surface area contributed by atoms with E-state index in [9.17, 15) is 14.9 Å². The fourth-order valence-corrected chi connectivity index (χ4v) is 1.55. The summed E-state index contributed by atoms with van der Waals surface area (Å²) < 4.78 is 4.95. The van der Waals surface area contributed by atoms with Crippen molar-refractivity contribution in [3.05, 3.63) is 27.9 Å². The van der Waals surface area contributed by atoms with Crippen molar-refractivity contribution >= 4 is 17.4 Å². The molecule has 1 amide bonds. The van der Waals surface area contributed by atoms with Crippen LogP contribution in [0.3, 0.4) is 0 Å². The van der Waals surface area contributed by atoms with Gasteiger partial charge in [-0.05, 0) is 15.8 Å². The van der Waals surface area contributed by atoms with Crippen molar-refractivity contribution in [2.45, 2.75) is 6.92 Å². The Balaban J connectivity index is 2.84. The molecule has 0 aliphatic heterocycles. The summed E-state index contributed by atoms with van der Waals surface area (Å²) in [5.74, 6) is 4.50. The van der Waals surface area contributed by atoms with E-state index in [1.165, 1.54) is 0 Å². The fourth-order valence-electron chi connectivity index (χ4n) is 1.55. The maximum atomic E-state index is 12.0. The van der Waals surface area contributed by atoms with Gasteiger partial charge in [0, 0.05) is 13.7 Å². The SMILES string of the molecule is COCC(C)CNC(=O)c1cc([N+](=O)[O-])ncc1NN. The number of rotatable bonds is 7. The van der Waals surface area contributed by atoms with Gasteiger partial charge in [0.25, 0.3) is 5.91 Å². The highest BCUT2D eigenvalue weighted by Crippen LogP contribution is 2.18. The summed E-state index contributed by atoms with van der Waals surface area (Å²) in [6.07, 6.45) is 1.14. The van der Waals surface area contributed by atoms with Crippen molar-refractivity contribution in [3.63, 3.8) is 0 Å². The van der Waals surface area contributed by atoms with Gasteiger partial charge in [0.15, 0.2) is 6.20 Å². The summed E-state index contributed by atoms with van der Waals surface area (Å²) in [5.41, 5.74) is 2.57. The number of nitrogen functional groups attached to an aromatic ring is 1. The Morgan fingerprint density at radius 2 is 2.35 bits per heavy atom. The van der Waals surface area contributed by atoms with Gasteiger partial charge in [-0.25, -0.2) is 0 Å². The second-order valence-corrected chi connectivity index (χ2v) is 4.26. The molecule has 0 aliphatic carbocycles. The number of ether oxygens (including phenoxy) is 1. The number of methoxy groups -OCH3 is 1. The summed E-state index contributed by atoms with van der Waals surface area (Å²) in [4.78, 5) is 25.6. The molecule has 1 rings (SSSR count). The van der Waals surface area contributed by atoms with Crippen molar-refractivity contribution in [1.29, 1.82) is 0 Å². The predicted molar refractivity (Wildman–Crippen MR) is 72.1 cm³/mol. The highest BCUT2D eigenvalue weighted by atomic mass is 16.6. The number of amides is 1. The summed E-state index contributed by atoms with van der Waals surface area (Å²) in [7, 11) is 1.57. The molecule has 9 nitrogen and oxygen atoms in total. The van der Waals surface area contributed by atoms with Gasteiger partial charge in [0.1, 0.15) is 5.69 Å². The molecule has 9 heteroatoms. The molecule has 0 radical (unpaired) electrons. The van der Waals surface area contributed by atoms with Crippen LogP contribution in [-0.4, -0.2) is 36.1 Å². The van der Waals surface area contributed by atoms with E-state index in [2.05, 4.69) is 15.7 Å². The van der Waals surface area contributed by atoms with E-state index in [1.54, 1.807) is 7.11 Å². The zero-order chi connectivity index (χ0) is 15.1. The Labute approximate surface area is 115 Å². The topological polar surface area (TPSA) is 132 Å². The molecule has 0 saturated heterocycles. The number of nitrogens with one attached hydrogen (secondary N) is 2. The molecule has 4 N–H and O–H groups in total. The molecule has 0 bridgehead atoms. The normalized spacial score (nSPS) is 11.8. The molecule has 1 atom stereocenters. The quantitative estimate of drug-likeness (QED) is 0.372. The standard InChI is InChI=1S/C11H17N5O4/c1-7(6-20-2)4-14-11(17)8-3-10(16(18)19)13-5-9(8)15-12/h3,5,7,15H,4,6,12H2,1-2H3,(H,14,17). The van der Waals surface area contributed by atoms with E-state index < -0.39 is 16.6 Å². The van der Waals surface area contributed by atoms with Gasteiger partial charge < -0.3 is 25.6 Å². The number of anilines is 1. The third kappa shape index (κ3) is 4.14. The van der Waals surface area contributed by atoms with Crippen molar-refractivity contribution in [1.82, 2.24) is 10.3 Å². The van der Waals surface area contributed by atoms with Crippen LogP contribution in [0.1, 0.15) is 17.3 Å². The first kappa shape index (κ1) is 15.8. The summed E-state index contributed by atoms with van der Waals surface area (Å²) in [6.45, 7) is 2.78. The van der Waals surface area contributed by atoms with Crippen LogP contribution in [0, 0.1) is 16.0 Å². The first-order valence-electron chi connectivity index (χ1n) is 5.87. The summed E-state index contributed by atoms with van der Waals surface area (Å²) in [5, 5.41) is 13.3. The molecule has 0 fully saturated rings. The van der Waals surface area contributed by atoms with Crippen LogP contribution >= 0.6 is 0 Å². The molecule has 1 aromatic rings. The van der Waals surface area contributed by atoms with Crippen LogP contribution in [0.4, 0.5) is 11.5 Å². The number of pyridine rings is 1. The van der Waals surface area contributed by atoms with Crippen LogP contribution in [0.25, 0.3) is 0 Å². The number of carbonyl (C=O) groups excluding carboxylic acids is 1. The molecule has 0 aromatic carbocycles. The number of nitrogens with zero attached hydrogens (tertiary/aromatic N) is 2. The number of hydrazine groups is 1. The van der Waals surface area contributed by atoms with Gasteiger partial charge >= 0.3 is 5.82 Å². The Morgan fingerprint density at radius 1 is 1.65 bits per heavy atom. The second-order valence-electron chi connectivity index (χ2n) is 4.26. The van der Waals surface area contributed by atoms with Gasteiger partial charge in [-0.1, -0.05) is 6.92 Å². The highest BCUT2D eigenvalue weighted by Gasteiger charge is 2.18. The smallest absolute Gasteiger partial charge is 0.364 e. The van der Waals surface area contributed by atoms with Crippen molar-refractivity contribution < 1.29 is 14.5 Å². The number of hydrogen-bond donors (Lipinski definition) is 3. The van der Waals surface area contributed by atoms with Crippen LogP contribution < -0.4 is 16.6 Å². The molecule has 1 heterocycles. The molecular formula is C11H17N5O4. The lowest BCUT2D eigenvalue weighted by molar-refractivity contribution is -0.389. The first-order chi connectivity index (χ1) is 9.49. The lowest BCUT2D eigenvalue weighted by Crippen LogP contribution is -2.31. The average Bonchev–Trinajstić information content (AvgIpc) is 2.44. The zero-order valence-electron chi connectivity index (χ0n) is 11.3. The number of nitro groups is 1. The average molecular weight is 283 g/mol. The van der Waals surface area contributed by atoms with E-state index in [0.717, 1.165) is 12.3 Å². The van der Waals surface area contributed by atoms with E-state index in [1.807, 2.05) is 6.92 Å². The van der Waals surface area contributed by atoms with Gasteiger partial charge in [-0.15, -0.1) is 0 Å². The van der Waals surface area contributed by atoms with Crippen molar-refractivity contribution in [3.8, 4) is 0 Å². The maximum absolute atomic E-state index is 12.0. The van der Waals surface area contributed by atoms with Crippen LogP contribution in [0.15, 0.2) is 12.3 Å². The van der Waals surface area contributed by atoms with Gasteiger partial charge in [0.05, 0.1) is 18.2 Å². The van der Waals surface area contributed by atoms with Gasteiger partial charge in [0.2, 0.25) is 0 Å².